The summed E-state index contributed by atoms with van der Waals surface area (Å²) in [4.78, 5) is 26.6. The van der Waals surface area contributed by atoms with E-state index in [1.807, 2.05) is 30.3 Å². The fourth-order valence-corrected chi connectivity index (χ4v) is 4.14. The zero-order chi connectivity index (χ0) is 20.9. The number of likely N-dealkylation sites (tertiary alicyclic amines) is 1. The third-order valence-electron chi connectivity index (χ3n) is 5.47. The van der Waals surface area contributed by atoms with Crippen LogP contribution in [0.4, 0.5) is 0 Å². The van der Waals surface area contributed by atoms with E-state index in [-0.39, 0.29) is 24.2 Å². The monoisotopic (exact) mass is 428 g/mol. The Morgan fingerprint density at radius 3 is 2.73 bits per heavy atom. The molecular weight excluding hydrogens is 404 g/mol. The van der Waals surface area contributed by atoms with Crippen molar-refractivity contribution < 1.29 is 19.1 Å². The largest absolute Gasteiger partial charge is 0.486 e. The first-order valence-corrected chi connectivity index (χ1v) is 10.7. The third kappa shape index (κ3) is 4.87. The van der Waals surface area contributed by atoms with Gasteiger partial charge in [0.05, 0.1) is 10.9 Å². The fraction of sp³-hybridized carbons (Fsp3) is 0.391. The van der Waals surface area contributed by atoms with Gasteiger partial charge in [0.1, 0.15) is 13.2 Å². The second-order valence-electron chi connectivity index (χ2n) is 7.62. The summed E-state index contributed by atoms with van der Waals surface area (Å²) in [5.74, 6) is 0.900. The molecule has 158 valence electrons. The van der Waals surface area contributed by atoms with Gasteiger partial charge >= 0.3 is 0 Å². The molecule has 0 spiro atoms. The quantitative estimate of drug-likeness (QED) is 0.736. The molecule has 30 heavy (non-hydrogen) atoms. The lowest BCUT2D eigenvalue weighted by molar-refractivity contribution is -0.129. The second kappa shape index (κ2) is 9.39. The minimum absolute atomic E-state index is 0.0460. The SMILES string of the molecule is O=C(NCCc1cc(Cl)c2c(c1)OCCO2)C1CC(=O)N(CCc2ccccc2)C1. The molecule has 4 rings (SSSR count). The Hall–Kier alpha value is -2.73. The Bertz CT molecular complexity index is 919. The van der Waals surface area contributed by atoms with E-state index < -0.39 is 0 Å². The van der Waals surface area contributed by atoms with Crippen LogP contribution in [0.5, 0.6) is 11.5 Å². The first kappa shape index (κ1) is 20.5. The van der Waals surface area contributed by atoms with Crippen LogP contribution in [0.1, 0.15) is 17.5 Å². The minimum Gasteiger partial charge on any atom is -0.486 e. The van der Waals surface area contributed by atoms with Gasteiger partial charge in [0.15, 0.2) is 11.5 Å². The van der Waals surface area contributed by atoms with Crippen LogP contribution in [0.25, 0.3) is 0 Å². The number of hydrogen-bond donors (Lipinski definition) is 1. The number of rotatable bonds is 7. The summed E-state index contributed by atoms with van der Waals surface area (Å²) < 4.78 is 11.1. The summed E-state index contributed by atoms with van der Waals surface area (Å²) in [7, 11) is 0. The summed E-state index contributed by atoms with van der Waals surface area (Å²) in [5, 5.41) is 3.47. The maximum atomic E-state index is 12.5. The van der Waals surface area contributed by atoms with Gasteiger partial charge in [-0.05, 0) is 36.1 Å². The van der Waals surface area contributed by atoms with Gasteiger partial charge in [0.2, 0.25) is 11.8 Å². The highest BCUT2D eigenvalue weighted by Gasteiger charge is 2.33. The van der Waals surface area contributed by atoms with Crippen LogP contribution in [0, 0.1) is 5.92 Å². The molecule has 2 heterocycles. The molecule has 7 heteroatoms. The first-order valence-electron chi connectivity index (χ1n) is 10.3. The van der Waals surface area contributed by atoms with Crippen molar-refractivity contribution in [3.8, 4) is 11.5 Å². The van der Waals surface area contributed by atoms with E-state index in [0.29, 0.717) is 55.8 Å². The van der Waals surface area contributed by atoms with Crippen molar-refractivity contribution in [3.63, 3.8) is 0 Å². The first-order chi connectivity index (χ1) is 14.6. The third-order valence-corrected chi connectivity index (χ3v) is 5.75. The van der Waals surface area contributed by atoms with Crippen molar-refractivity contribution in [1.29, 1.82) is 0 Å². The Balaban J connectivity index is 1.24. The molecule has 1 N–H and O–H groups in total. The zero-order valence-electron chi connectivity index (χ0n) is 16.7. The highest BCUT2D eigenvalue weighted by Crippen LogP contribution is 2.38. The molecule has 2 aliphatic rings. The Labute approximate surface area is 181 Å². The fourth-order valence-electron chi connectivity index (χ4n) is 3.86. The van der Waals surface area contributed by atoms with Crippen molar-refractivity contribution >= 4 is 23.4 Å². The van der Waals surface area contributed by atoms with Crippen LogP contribution < -0.4 is 14.8 Å². The molecule has 2 aromatic rings. The average molecular weight is 429 g/mol. The highest BCUT2D eigenvalue weighted by molar-refractivity contribution is 6.32. The van der Waals surface area contributed by atoms with Crippen LogP contribution >= 0.6 is 11.6 Å². The molecule has 1 atom stereocenters. The molecule has 1 saturated heterocycles. The number of amides is 2. The average Bonchev–Trinajstić information content (AvgIpc) is 3.14. The smallest absolute Gasteiger partial charge is 0.225 e. The van der Waals surface area contributed by atoms with Gasteiger partial charge in [-0.15, -0.1) is 0 Å². The Kier molecular flexibility index (Phi) is 6.43. The van der Waals surface area contributed by atoms with Crippen molar-refractivity contribution in [2.24, 2.45) is 5.92 Å². The Morgan fingerprint density at radius 1 is 1.10 bits per heavy atom. The summed E-state index contributed by atoms with van der Waals surface area (Å²) in [6, 6.07) is 13.8. The maximum absolute atomic E-state index is 12.5. The molecule has 0 saturated carbocycles. The lowest BCUT2D eigenvalue weighted by atomic mass is 10.1. The van der Waals surface area contributed by atoms with Crippen LogP contribution in [0.15, 0.2) is 42.5 Å². The van der Waals surface area contributed by atoms with Gasteiger partial charge in [-0.25, -0.2) is 0 Å². The lowest BCUT2D eigenvalue weighted by Gasteiger charge is -2.20. The van der Waals surface area contributed by atoms with E-state index >= 15 is 0 Å². The van der Waals surface area contributed by atoms with Crippen molar-refractivity contribution in [3.05, 3.63) is 58.6 Å². The molecule has 1 fully saturated rings. The van der Waals surface area contributed by atoms with Gasteiger partial charge < -0.3 is 19.7 Å². The van der Waals surface area contributed by atoms with Crippen LogP contribution in [-0.2, 0) is 22.4 Å². The van der Waals surface area contributed by atoms with E-state index in [9.17, 15) is 9.59 Å². The van der Waals surface area contributed by atoms with Crippen molar-refractivity contribution in [1.82, 2.24) is 10.2 Å². The van der Waals surface area contributed by atoms with Gasteiger partial charge in [-0.1, -0.05) is 41.9 Å². The molecule has 0 aromatic heterocycles. The number of carbonyl (C=O) groups excluding carboxylic acids is 2. The standard InChI is InChI=1S/C23H25ClN2O4/c24-19-12-17(13-20-22(19)30-11-10-29-20)6-8-25-23(28)18-14-21(27)26(15-18)9-7-16-4-2-1-3-5-16/h1-5,12-13,18H,6-11,14-15H2,(H,25,28). The van der Waals surface area contributed by atoms with Crippen molar-refractivity contribution in [2.45, 2.75) is 19.3 Å². The second-order valence-corrected chi connectivity index (χ2v) is 8.03. The molecule has 2 aromatic carbocycles. The van der Waals surface area contributed by atoms with E-state index in [1.54, 1.807) is 4.90 Å². The predicted octanol–water partition coefficient (Wildman–Crippen LogP) is 2.86. The number of ether oxygens (including phenoxy) is 2. The van der Waals surface area contributed by atoms with Crippen LogP contribution in [0.3, 0.4) is 0 Å². The van der Waals surface area contributed by atoms with Gasteiger partial charge in [-0.3, -0.25) is 9.59 Å². The highest BCUT2D eigenvalue weighted by atomic mass is 35.5. The minimum atomic E-state index is -0.294. The molecule has 0 aliphatic carbocycles. The number of halogens is 1. The van der Waals surface area contributed by atoms with Gasteiger partial charge in [0.25, 0.3) is 0 Å². The number of nitrogens with one attached hydrogen (secondary N) is 1. The number of benzene rings is 2. The molecule has 0 radical (unpaired) electrons. The summed E-state index contributed by atoms with van der Waals surface area (Å²) in [6.07, 6.45) is 1.70. The van der Waals surface area contributed by atoms with E-state index in [4.69, 9.17) is 21.1 Å². The van der Waals surface area contributed by atoms with E-state index in [0.717, 1.165) is 12.0 Å². The van der Waals surface area contributed by atoms with Gasteiger partial charge in [-0.2, -0.15) is 0 Å². The van der Waals surface area contributed by atoms with Crippen LogP contribution in [-0.4, -0.2) is 49.6 Å². The Morgan fingerprint density at radius 2 is 1.90 bits per heavy atom. The molecule has 1 unspecified atom stereocenters. The number of hydrogen-bond acceptors (Lipinski definition) is 4. The summed E-state index contributed by atoms with van der Waals surface area (Å²) in [5.41, 5.74) is 2.16. The normalized spacial score (nSPS) is 17.8. The van der Waals surface area contributed by atoms with Crippen LogP contribution in [0.2, 0.25) is 5.02 Å². The maximum Gasteiger partial charge on any atom is 0.225 e. The number of nitrogens with zero attached hydrogens (tertiary/aromatic N) is 1. The van der Waals surface area contributed by atoms with E-state index in [2.05, 4.69) is 17.4 Å². The molecule has 2 aliphatic heterocycles. The number of carbonyl (C=O) groups is 2. The summed E-state index contributed by atoms with van der Waals surface area (Å²) in [6.45, 7) is 2.59. The molecule has 6 nitrogen and oxygen atoms in total. The number of fused-ring (bicyclic) bond motifs is 1. The zero-order valence-corrected chi connectivity index (χ0v) is 17.5. The predicted molar refractivity (Wildman–Crippen MR) is 114 cm³/mol. The molecular formula is C23H25ClN2O4. The van der Waals surface area contributed by atoms with Gasteiger partial charge in [0, 0.05) is 26.1 Å². The van der Waals surface area contributed by atoms with Crippen molar-refractivity contribution in [2.75, 3.05) is 32.8 Å². The lowest BCUT2D eigenvalue weighted by Crippen LogP contribution is -2.34. The summed E-state index contributed by atoms with van der Waals surface area (Å²) >= 11 is 6.26. The molecule has 0 bridgehead atoms. The molecule has 2 amide bonds. The van der Waals surface area contributed by atoms with E-state index in [1.165, 1.54) is 5.56 Å². The topological polar surface area (TPSA) is 67.9 Å².